The van der Waals surface area contributed by atoms with Crippen LogP contribution in [0.25, 0.3) is 0 Å². The zero-order chi connectivity index (χ0) is 12.6. The molecule has 1 aromatic rings. The van der Waals surface area contributed by atoms with Crippen LogP contribution in [-0.2, 0) is 17.8 Å². The smallest absolute Gasteiger partial charge is 0.341 e. The summed E-state index contributed by atoms with van der Waals surface area (Å²) < 4.78 is 0. The summed E-state index contributed by atoms with van der Waals surface area (Å²) in [6.07, 6.45) is 0.546. The molecule has 2 heterocycles. The molecule has 0 fully saturated rings. The zero-order valence-corrected chi connectivity index (χ0v) is 9.32. The van der Waals surface area contributed by atoms with Crippen molar-refractivity contribution in [3.8, 4) is 0 Å². The second-order valence-corrected chi connectivity index (χ2v) is 4.01. The minimum Gasteiger partial charge on any atom is -0.477 e. The van der Waals surface area contributed by atoms with Gasteiger partial charge in [0.1, 0.15) is 5.56 Å². The maximum Gasteiger partial charge on any atom is 0.341 e. The average molecular weight is 236 g/mol. The van der Waals surface area contributed by atoms with Gasteiger partial charge in [-0.15, -0.1) is 0 Å². The number of hydrogen-bond acceptors (Lipinski definition) is 3. The number of H-pyrrole nitrogens is 1. The number of carboxylic acid groups (broad SMARTS) is 1. The van der Waals surface area contributed by atoms with Gasteiger partial charge in [0, 0.05) is 32.1 Å². The Morgan fingerprint density at radius 2 is 2.18 bits per heavy atom. The maximum atomic E-state index is 11.4. The van der Waals surface area contributed by atoms with Gasteiger partial charge in [-0.1, -0.05) is 0 Å². The van der Waals surface area contributed by atoms with Crippen molar-refractivity contribution < 1.29 is 14.7 Å². The molecule has 1 aromatic heterocycles. The first-order valence-electron chi connectivity index (χ1n) is 5.23. The number of hydrogen-bond donors (Lipinski definition) is 2. The lowest BCUT2D eigenvalue weighted by molar-refractivity contribution is -0.129. The molecule has 0 aromatic carbocycles. The fourth-order valence-electron chi connectivity index (χ4n) is 1.93. The van der Waals surface area contributed by atoms with E-state index in [4.69, 9.17) is 5.11 Å². The highest BCUT2D eigenvalue weighted by atomic mass is 16.4. The molecular weight excluding hydrogens is 224 g/mol. The number of fused-ring (bicyclic) bond motifs is 1. The van der Waals surface area contributed by atoms with Crippen molar-refractivity contribution in [3.63, 3.8) is 0 Å². The normalized spacial score (nSPS) is 14.3. The van der Waals surface area contributed by atoms with Crippen LogP contribution in [0.3, 0.4) is 0 Å². The van der Waals surface area contributed by atoms with Gasteiger partial charge in [-0.05, 0) is 11.6 Å². The number of rotatable bonds is 1. The largest absolute Gasteiger partial charge is 0.477 e. The van der Waals surface area contributed by atoms with E-state index in [0.29, 0.717) is 25.1 Å². The van der Waals surface area contributed by atoms with E-state index >= 15 is 0 Å². The highest BCUT2D eigenvalue weighted by molar-refractivity contribution is 5.87. The van der Waals surface area contributed by atoms with Crippen molar-refractivity contribution in [1.29, 1.82) is 0 Å². The molecule has 2 rings (SSSR count). The van der Waals surface area contributed by atoms with Crippen LogP contribution in [0.15, 0.2) is 10.9 Å². The molecule has 0 bridgehead atoms. The maximum absolute atomic E-state index is 11.4. The van der Waals surface area contributed by atoms with Gasteiger partial charge in [-0.25, -0.2) is 4.79 Å². The summed E-state index contributed by atoms with van der Waals surface area (Å²) in [6.45, 7) is 2.36. The van der Waals surface area contributed by atoms with Gasteiger partial charge in [0.05, 0.1) is 0 Å². The van der Waals surface area contributed by atoms with Crippen LogP contribution < -0.4 is 5.56 Å². The van der Waals surface area contributed by atoms with Gasteiger partial charge in [-0.3, -0.25) is 9.59 Å². The number of pyridine rings is 1. The number of carbonyl (C=O) groups excluding carboxylic acids is 1. The molecule has 1 aliphatic rings. The van der Waals surface area contributed by atoms with Gasteiger partial charge < -0.3 is 15.0 Å². The molecule has 2 N–H and O–H groups in total. The van der Waals surface area contributed by atoms with Crippen molar-refractivity contribution >= 4 is 11.9 Å². The Hall–Kier alpha value is -2.11. The van der Waals surface area contributed by atoms with Crippen LogP contribution in [0.4, 0.5) is 0 Å². The van der Waals surface area contributed by atoms with Crippen molar-refractivity contribution in [3.05, 3.63) is 33.2 Å². The molecule has 1 aliphatic heterocycles. The topological polar surface area (TPSA) is 90.5 Å². The van der Waals surface area contributed by atoms with Crippen LogP contribution in [0.2, 0.25) is 0 Å². The van der Waals surface area contributed by atoms with Crippen molar-refractivity contribution in [1.82, 2.24) is 9.88 Å². The molecule has 0 atom stereocenters. The number of nitrogens with zero attached hydrogens (tertiary/aromatic N) is 1. The van der Waals surface area contributed by atoms with Crippen LogP contribution in [-0.4, -0.2) is 33.4 Å². The van der Waals surface area contributed by atoms with E-state index in [0.717, 1.165) is 5.69 Å². The third-order valence-electron chi connectivity index (χ3n) is 2.88. The number of carboxylic acids is 1. The number of nitrogens with one attached hydrogen (secondary N) is 1. The minimum atomic E-state index is -1.26. The minimum absolute atomic E-state index is 0.0567. The quantitative estimate of drug-likeness (QED) is 0.716. The predicted molar refractivity (Wildman–Crippen MR) is 58.8 cm³/mol. The molecule has 6 nitrogen and oxygen atoms in total. The second-order valence-electron chi connectivity index (χ2n) is 4.01. The Labute approximate surface area is 96.9 Å². The van der Waals surface area contributed by atoms with Gasteiger partial charge in [-0.2, -0.15) is 0 Å². The van der Waals surface area contributed by atoms with Crippen LogP contribution in [0.1, 0.15) is 28.5 Å². The number of aromatic nitrogens is 1. The zero-order valence-electron chi connectivity index (χ0n) is 9.32. The van der Waals surface area contributed by atoms with Gasteiger partial charge in [0.2, 0.25) is 5.91 Å². The monoisotopic (exact) mass is 236 g/mol. The number of carbonyl (C=O) groups is 2. The highest BCUT2D eigenvalue weighted by Gasteiger charge is 2.21. The third kappa shape index (κ3) is 2.06. The molecular formula is C11H12N2O4. The lowest BCUT2D eigenvalue weighted by Crippen LogP contribution is -2.36. The molecule has 0 spiro atoms. The molecule has 90 valence electrons. The fraction of sp³-hybridized carbons (Fsp3) is 0.364. The van der Waals surface area contributed by atoms with Crippen LogP contribution >= 0.6 is 0 Å². The summed E-state index contributed by atoms with van der Waals surface area (Å²) in [4.78, 5) is 37.7. The molecule has 17 heavy (non-hydrogen) atoms. The third-order valence-corrected chi connectivity index (χ3v) is 2.88. The van der Waals surface area contributed by atoms with E-state index in [-0.39, 0.29) is 11.5 Å². The van der Waals surface area contributed by atoms with E-state index in [1.807, 2.05) is 0 Å². The molecule has 1 amide bonds. The van der Waals surface area contributed by atoms with E-state index < -0.39 is 11.5 Å². The van der Waals surface area contributed by atoms with E-state index in [1.54, 1.807) is 4.90 Å². The van der Waals surface area contributed by atoms with E-state index in [2.05, 4.69) is 4.98 Å². The summed E-state index contributed by atoms with van der Waals surface area (Å²) in [5, 5.41) is 8.84. The predicted octanol–water partition coefficient (Wildman–Crippen LogP) is -0.0223. The lowest BCUT2D eigenvalue weighted by Gasteiger charge is -2.27. The summed E-state index contributed by atoms with van der Waals surface area (Å²) in [5.41, 5.74) is 0.544. The summed E-state index contributed by atoms with van der Waals surface area (Å²) in [7, 11) is 0. The Kier molecular flexibility index (Phi) is 2.71. The Morgan fingerprint density at radius 1 is 1.47 bits per heavy atom. The molecule has 0 aliphatic carbocycles. The van der Waals surface area contributed by atoms with Crippen molar-refractivity contribution in [2.45, 2.75) is 19.9 Å². The van der Waals surface area contributed by atoms with Gasteiger partial charge in [0.25, 0.3) is 5.56 Å². The van der Waals surface area contributed by atoms with Gasteiger partial charge in [0.15, 0.2) is 0 Å². The molecule has 0 radical (unpaired) electrons. The van der Waals surface area contributed by atoms with Crippen LogP contribution in [0.5, 0.6) is 0 Å². The number of aromatic carboxylic acids is 1. The van der Waals surface area contributed by atoms with Crippen LogP contribution in [0, 0.1) is 0 Å². The number of amides is 1. The Balaban J connectivity index is 2.44. The summed E-state index contributed by atoms with van der Waals surface area (Å²) in [6, 6.07) is 1.35. The first kappa shape index (κ1) is 11.4. The standard InChI is InChI=1S/C11H12N2O4/c1-6(14)13-3-2-9-7(5-13)4-8(11(16)17)10(15)12-9/h4H,2-3,5H2,1H3,(H,12,15)(H,16,17). The SMILES string of the molecule is CC(=O)N1CCc2[nH]c(=O)c(C(=O)O)cc2C1. The summed E-state index contributed by atoms with van der Waals surface area (Å²) in [5.74, 6) is -1.31. The van der Waals surface area contributed by atoms with Crippen molar-refractivity contribution in [2.24, 2.45) is 0 Å². The second kappa shape index (κ2) is 4.04. The fourth-order valence-corrected chi connectivity index (χ4v) is 1.93. The molecule has 6 heteroatoms. The lowest BCUT2D eigenvalue weighted by atomic mass is 10.0. The van der Waals surface area contributed by atoms with E-state index in [1.165, 1.54) is 13.0 Å². The summed E-state index contributed by atoms with van der Waals surface area (Å²) >= 11 is 0. The Bertz CT molecular complexity index is 547. The first-order valence-corrected chi connectivity index (χ1v) is 5.23. The number of aromatic amines is 1. The first-order chi connectivity index (χ1) is 7.99. The van der Waals surface area contributed by atoms with Crippen molar-refractivity contribution in [2.75, 3.05) is 6.54 Å². The average Bonchev–Trinajstić information content (AvgIpc) is 2.27. The molecule has 0 unspecified atom stereocenters. The molecule has 0 saturated carbocycles. The Morgan fingerprint density at radius 3 is 2.76 bits per heavy atom. The van der Waals surface area contributed by atoms with Gasteiger partial charge >= 0.3 is 5.97 Å². The highest BCUT2D eigenvalue weighted by Crippen LogP contribution is 2.16. The molecule has 0 saturated heterocycles. The van der Waals surface area contributed by atoms with E-state index in [9.17, 15) is 14.4 Å².